The minimum Gasteiger partial charge on any atom is -0.320 e. The van der Waals surface area contributed by atoms with Crippen LogP contribution in [0.15, 0.2) is 18.2 Å². The lowest BCUT2D eigenvalue weighted by Gasteiger charge is -2.20. The van der Waals surface area contributed by atoms with Crippen LogP contribution in [0, 0.1) is 23.6 Å². The third kappa shape index (κ3) is 5.42. The zero-order valence-corrected chi connectivity index (χ0v) is 12.0. The number of nitrogens with two attached hydrogens (primary N) is 1. The molecule has 3 heteroatoms. The van der Waals surface area contributed by atoms with Gasteiger partial charge in [-0.25, -0.2) is 4.39 Å². The molecular formula is C16H23FN2. The van der Waals surface area contributed by atoms with Crippen LogP contribution in [0.5, 0.6) is 0 Å². The van der Waals surface area contributed by atoms with Gasteiger partial charge in [-0.05, 0) is 30.7 Å². The van der Waals surface area contributed by atoms with Gasteiger partial charge in [0.15, 0.2) is 0 Å². The molecule has 1 atom stereocenters. The molecule has 0 aliphatic carbocycles. The summed E-state index contributed by atoms with van der Waals surface area (Å²) in [4.78, 5) is 2.25. The van der Waals surface area contributed by atoms with Gasteiger partial charge >= 0.3 is 0 Å². The predicted molar refractivity (Wildman–Crippen MR) is 78.1 cm³/mol. The normalized spacial score (nSPS) is 12.1. The van der Waals surface area contributed by atoms with Crippen molar-refractivity contribution >= 4 is 0 Å². The van der Waals surface area contributed by atoms with Gasteiger partial charge in [-0.2, -0.15) is 0 Å². The first kappa shape index (κ1) is 15.7. The fraction of sp³-hybridized carbons (Fsp3) is 0.500. The largest absolute Gasteiger partial charge is 0.320 e. The van der Waals surface area contributed by atoms with Crippen LogP contribution >= 0.6 is 0 Å². The van der Waals surface area contributed by atoms with Crippen molar-refractivity contribution in [3.63, 3.8) is 0 Å². The van der Waals surface area contributed by atoms with Gasteiger partial charge in [0.05, 0.1) is 12.1 Å². The lowest BCUT2D eigenvalue weighted by Crippen LogP contribution is -2.23. The average molecular weight is 262 g/mol. The first-order valence-electron chi connectivity index (χ1n) is 6.72. The molecule has 0 heterocycles. The molecule has 0 radical (unpaired) electrons. The van der Waals surface area contributed by atoms with E-state index >= 15 is 0 Å². The molecule has 0 saturated carbocycles. The van der Waals surface area contributed by atoms with E-state index < -0.39 is 0 Å². The van der Waals surface area contributed by atoms with Crippen LogP contribution in [0.25, 0.3) is 0 Å². The Balaban J connectivity index is 2.74. The Morgan fingerprint density at radius 2 is 2.16 bits per heavy atom. The summed E-state index contributed by atoms with van der Waals surface area (Å²) >= 11 is 0. The van der Waals surface area contributed by atoms with Crippen molar-refractivity contribution in [1.29, 1.82) is 0 Å². The van der Waals surface area contributed by atoms with Gasteiger partial charge < -0.3 is 10.6 Å². The van der Waals surface area contributed by atoms with Crippen LogP contribution < -0.4 is 5.73 Å². The molecule has 0 spiro atoms. The fourth-order valence-electron chi connectivity index (χ4n) is 1.95. The summed E-state index contributed by atoms with van der Waals surface area (Å²) in [7, 11) is 2.08. The van der Waals surface area contributed by atoms with Gasteiger partial charge in [-0.15, -0.1) is 0 Å². The van der Waals surface area contributed by atoms with E-state index in [1.165, 1.54) is 12.5 Å². The Labute approximate surface area is 115 Å². The minimum absolute atomic E-state index is 0.248. The van der Waals surface area contributed by atoms with Gasteiger partial charge in [0.1, 0.15) is 5.82 Å². The lowest BCUT2D eigenvalue weighted by atomic mass is 10.1. The van der Waals surface area contributed by atoms with Crippen LogP contribution in [0.1, 0.15) is 31.4 Å². The quantitative estimate of drug-likeness (QED) is 0.827. The highest BCUT2D eigenvalue weighted by Gasteiger charge is 2.07. The molecule has 104 valence electrons. The summed E-state index contributed by atoms with van der Waals surface area (Å²) in [6.07, 6.45) is 1.17. The Morgan fingerprint density at radius 1 is 1.42 bits per heavy atom. The first-order valence-corrected chi connectivity index (χ1v) is 6.72. The van der Waals surface area contributed by atoms with E-state index in [9.17, 15) is 4.39 Å². The van der Waals surface area contributed by atoms with Crippen LogP contribution in [0.4, 0.5) is 4.39 Å². The van der Waals surface area contributed by atoms with E-state index in [0.717, 1.165) is 18.7 Å². The third-order valence-electron chi connectivity index (χ3n) is 3.13. The Hall–Kier alpha value is -1.37. The van der Waals surface area contributed by atoms with Crippen molar-refractivity contribution in [3.8, 4) is 11.8 Å². The van der Waals surface area contributed by atoms with Crippen molar-refractivity contribution in [2.75, 3.05) is 20.1 Å². The topological polar surface area (TPSA) is 29.3 Å². The standard InChI is InChI=1S/C16H23FN2/c1-4-13(2)11-19(3)12-14-7-8-16(17)15(10-14)6-5-9-18/h7-8,10,13H,4,9,11-12,18H2,1-3H3. The zero-order chi connectivity index (χ0) is 14.3. The number of nitrogens with zero attached hydrogens (tertiary/aromatic N) is 1. The second-order valence-corrected chi connectivity index (χ2v) is 5.03. The number of hydrogen-bond donors (Lipinski definition) is 1. The second kappa shape index (κ2) is 7.93. The maximum absolute atomic E-state index is 13.5. The molecule has 1 rings (SSSR count). The predicted octanol–water partition coefficient (Wildman–Crippen LogP) is 2.61. The summed E-state index contributed by atoms with van der Waals surface area (Å²) < 4.78 is 13.5. The molecule has 0 aliphatic rings. The minimum atomic E-state index is -0.283. The van der Waals surface area contributed by atoms with Gasteiger partial charge in [0, 0.05) is 13.1 Å². The van der Waals surface area contributed by atoms with Crippen molar-refractivity contribution in [3.05, 3.63) is 35.1 Å². The van der Waals surface area contributed by atoms with Gasteiger partial charge in [0.25, 0.3) is 0 Å². The first-order chi connectivity index (χ1) is 9.06. The van der Waals surface area contributed by atoms with E-state index in [2.05, 4.69) is 37.6 Å². The number of benzene rings is 1. The molecule has 1 unspecified atom stereocenters. The SMILES string of the molecule is CCC(C)CN(C)Cc1ccc(F)c(C#CCN)c1. The highest BCUT2D eigenvalue weighted by Crippen LogP contribution is 2.12. The smallest absolute Gasteiger partial charge is 0.138 e. The molecule has 0 amide bonds. The highest BCUT2D eigenvalue weighted by atomic mass is 19.1. The van der Waals surface area contributed by atoms with Crippen LogP contribution in [0.3, 0.4) is 0 Å². The zero-order valence-electron chi connectivity index (χ0n) is 12.0. The van der Waals surface area contributed by atoms with E-state index in [4.69, 9.17) is 5.73 Å². The van der Waals surface area contributed by atoms with E-state index in [0.29, 0.717) is 11.5 Å². The Kier molecular flexibility index (Phi) is 6.55. The van der Waals surface area contributed by atoms with Crippen molar-refractivity contribution < 1.29 is 4.39 Å². The molecule has 1 aromatic carbocycles. The third-order valence-corrected chi connectivity index (χ3v) is 3.13. The van der Waals surface area contributed by atoms with Gasteiger partial charge in [-0.3, -0.25) is 0 Å². The van der Waals surface area contributed by atoms with Gasteiger partial charge in [0.2, 0.25) is 0 Å². The molecule has 19 heavy (non-hydrogen) atoms. The van der Waals surface area contributed by atoms with E-state index in [-0.39, 0.29) is 12.4 Å². The molecule has 1 aromatic rings. The average Bonchev–Trinajstić information content (AvgIpc) is 2.39. The second-order valence-electron chi connectivity index (χ2n) is 5.03. The molecule has 0 fully saturated rings. The van der Waals surface area contributed by atoms with Crippen molar-refractivity contribution in [2.24, 2.45) is 11.7 Å². The number of halogens is 1. The molecule has 0 bridgehead atoms. The maximum Gasteiger partial charge on any atom is 0.138 e. The summed E-state index contributed by atoms with van der Waals surface area (Å²) in [6.45, 7) is 6.52. The van der Waals surface area contributed by atoms with E-state index in [1.54, 1.807) is 0 Å². The monoisotopic (exact) mass is 262 g/mol. The van der Waals surface area contributed by atoms with Crippen LogP contribution in [-0.4, -0.2) is 25.0 Å². The van der Waals surface area contributed by atoms with E-state index in [1.807, 2.05) is 12.1 Å². The summed E-state index contributed by atoms with van der Waals surface area (Å²) in [6, 6.07) is 5.11. The fourth-order valence-corrected chi connectivity index (χ4v) is 1.95. The summed E-state index contributed by atoms with van der Waals surface area (Å²) in [5.74, 6) is 5.85. The Morgan fingerprint density at radius 3 is 2.79 bits per heavy atom. The van der Waals surface area contributed by atoms with Crippen LogP contribution in [0.2, 0.25) is 0 Å². The number of rotatable bonds is 5. The molecule has 0 aliphatic heterocycles. The Bertz CT molecular complexity index is 460. The molecule has 2 nitrogen and oxygen atoms in total. The number of hydrogen-bond acceptors (Lipinski definition) is 2. The van der Waals surface area contributed by atoms with Crippen molar-refractivity contribution in [1.82, 2.24) is 4.90 Å². The summed E-state index contributed by atoms with van der Waals surface area (Å²) in [5.41, 5.74) is 6.82. The lowest BCUT2D eigenvalue weighted by molar-refractivity contribution is 0.275. The molecule has 0 aromatic heterocycles. The van der Waals surface area contributed by atoms with Gasteiger partial charge in [-0.1, -0.05) is 38.2 Å². The van der Waals surface area contributed by atoms with Crippen molar-refractivity contribution in [2.45, 2.75) is 26.8 Å². The maximum atomic E-state index is 13.5. The summed E-state index contributed by atoms with van der Waals surface area (Å²) in [5, 5.41) is 0. The van der Waals surface area contributed by atoms with Crippen LogP contribution in [-0.2, 0) is 6.54 Å². The molecule has 0 saturated heterocycles. The highest BCUT2D eigenvalue weighted by molar-refractivity contribution is 5.38. The molecule has 2 N–H and O–H groups in total. The molecular weight excluding hydrogens is 239 g/mol.